The summed E-state index contributed by atoms with van der Waals surface area (Å²) in [6.45, 7) is 0. The number of rotatable bonds is 1. The minimum absolute atomic E-state index is 0.201. The molecule has 12 heavy (non-hydrogen) atoms. The normalized spacial score (nSPS) is 10.8. The molecule has 0 aliphatic rings. The number of nitriles is 1. The molecular weight excluding hydrogens is 174 g/mol. The van der Waals surface area contributed by atoms with Gasteiger partial charge in [0.1, 0.15) is 6.07 Å². The molecule has 0 aromatic heterocycles. The topological polar surface area (TPSA) is 62.2 Å². The van der Waals surface area contributed by atoms with Crippen molar-refractivity contribution in [1.82, 2.24) is 0 Å². The van der Waals surface area contributed by atoms with Crippen LogP contribution in [-0.4, -0.2) is 5.71 Å². The largest absolute Gasteiger partial charge is 0.322 e. The molecule has 0 fully saturated rings. The SMILES string of the molecule is N#C/C(=N/N)c1ccc(Cl)cc1. The number of halogens is 1. The maximum Gasteiger partial charge on any atom is 0.167 e. The highest BCUT2D eigenvalue weighted by Crippen LogP contribution is 2.09. The smallest absolute Gasteiger partial charge is 0.167 e. The number of nitrogens with zero attached hydrogens (tertiary/aromatic N) is 2. The highest BCUT2D eigenvalue weighted by molar-refractivity contribution is 6.30. The van der Waals surface area contributed by atoms with E-state index >= 15 is 0 Å². The lowest BCUT2D eigenvalue weighted by Crippen LogP contribution is -2.00. The zero-order valence-electron chi connectivity index (χ0n) is 6.16. The van der Waals surface area contributed by atoms with E-state index in [9.17, 15) is 0 Å². The number of hydrogen-bond donors (Lipinski definition) is 1. The Balaban J connectivity index is 3.06. The first-order valence-electron chi connectivity index (χ1n) is 3.22. The fourth-order valence-corrected chi connectivity index (χ4v) is 0.902. The summed E-state index contributed by atoms with van der Waals surface area (Å²) in [5.74, 6) is 4.99. The molecule has 0 aliphatic carbocycles. The van der Waals surface area contributed by atoms with Crippen molar-refractivity contribution in [3.8, 4) is 6.07 Å². The van der Waals surface area contributed by atoms with Gasteiger partial charge in [-0.2, -0.15) is 10.4 Å². The van der Waals surface area contributed by atoms with Gasteiger partial charge in [0, 0.05) is 10.6 Å². The van der Waals surface area contributed by atoms with Crippen LogP contribution in [0.1, 0.15) is 5.56 Å². The maximum absolute atomic E-state index is 8.55. The van der Waals surface area contributed by atoms with Crippen LogP contribution in [0.4, 0.5) is 0 Å². The zero-order chi connectivity index (χ0) is 8.97. The summed E-state index contributed by atoms with van der Waals surface area (Å²) >= 11 is 5.65. The lowest BCUT2D eigenvalue weighted by atomic mass is 10.1. The summed E-state index contributed by atoms with van der Waals surface area (Å²) in [6, 6.07) is 8.61. The minimum atomic E-state index is 0.201. The van der Waals surface area contributed by atoms with E-state index in [4.69, 9.17) is 22.7 Å². The average Bonchev–Trinajstić information content (AvgIpc) is 2.10. The van der Waals surface area contributed by atoms with E-state index in [1.54, 1.807) is 24.3 Å². The number of hydrogen-bond acceptors (Lipinski definition) is 3. The molecule has 0 radical (unpaired) electrons. The molecular formula is C8H6ClN3. The predicted octanol–water partition coefficient (Wildman–Crippen LogP) is 1.53. The Bertz CT molecular complexity index is 334. The summed E-state index contributed by atoms with van der Waals surface area (Å²) in [5.41, 5.74) is 0.871. The molecule has 0 unspecified atom stereocenters. The highest BCUT2D eigenvalue weighted by Gasteiger charge is 1.99. The summed E-state index contributed by atoms with van der Waals surface area (Å²) < 4.78 is 0. The molecule has 3 nitrogen and oxygen atoms in total. The molecule has 0 amide bonds. The lowest BCUT2D eigenvalue weighted by molar-refractivity contribution is 1.25. The van der Waals surface area contributed by atoms with Crippen molar-refractivity contribution in [2.45, 2.75) is 0 Å². The molecule has 1 rings (SSSR count). The molecule has 0 atom stereocenters. The fourth-order valence-electron chi connectivity index (χ4n) is 0.776. The number of nitrogens with two attached hydrogens (primary N) is 1. The van der Waals surface area contributed by atoms with Gasteiger partial charge in [0.15, 0.2) is 5.71 Å². The minimum Gasteiger partial charge on any atom is -0.322 e. The average molecular weight is 180 g/mol. The van der Waals surface area contributed by atoms with Crippen molar-refractivity contribution in [3.05, 3.63) is 34.9 Å². The second-order valence-corrected chi connectivity index (χ2v) is 2.53. The van der Waals surface area contributed by atoms with Gasteiger partial charge in [-0.1, -0.05) is 23.7 Å². The Hall–Kier alpha value is -1.53. The van der Waals surface area contributed by atoms with E-state index in [0.29, 0.717) is 10.6 Å². The van der Waals surface area contributed by atoms with E-state index in [1.165, 1.54) is 0 Å². The second-order valence-electron chi connectivity index (χ2n) is 2.10. The van der Waals surface area contributed by atoms with Crippen molar-refractivity contribution in [3.63, 3.8) is 0 Å². The van der Waals surface area contributed by atoms with Crippen LogP contribution in [0, 0.1) is 11.3 Å². The van der Waals surface area contributed by atoms with Gasteiger partial charge in [-0.15, -0.1) is 0 Å². The van der Waals surface area contributed by atoms with E-state index in [1.807, 2.05) is 6.07 Å². The quantitative estimate of drug-likeness (QED) is 0.404. The third-order valence-corrected chi connectivity index (χ3v) is 1.60. The molecule has 0 spiro atoms. The van der Waals surface area contributed by atoms with Crippen LogP contribution in [0.5, 0.6) is 0 Å². The summed E-state index contributed by atoms with van der Waals surface area (Å²) in [4.78, 5) is 0. The molecule has 1 aromatic carbocycles. The Kier molecular flexibility index (Phi) is 2.67. The Morgan fingerprint density at radius 3 is 2.42 bits per heavy atom. The molecule has 1 aromatic rings. The lowest BCUT2D eigenvalue weighted by Gasteiger charge is -1.95. The Morgan fingerprint density at radius 2 is 2.00 bits per heavy atom. The van der Waals surface area contributed by atoms with Crippen molar-refractivity contribution >= 4 is 17.3 Å². The molecule has 0 heterocycles. The van der Waals surface area contributed by atoms with Crippen LogP contribution in [0.15, 0.2) is 29.4 Å². The second kappa shape index (κ2) is 3.74. The molecule has 0 bridgehead atoms. The first-order chi connectivity index (χ1) is 5.77. The van der Waals surface area contributed by atoms with Crippen LogP contribution >= 0.6 is 11.6 Å². The molecule has 4 heteroatoms. The molecule has 0 saturated heterocycles. The van der Waals surface area contributed by atoms with Crippen LogP contribution < -0.4 is 5.84 Å². The first kappa shape index (κ1) is 8.57. The molecule has 60 valence electrons. The van der Waals surface area contributed by atoms with Crippen molar-refractivity contribution < 1.29 is 0 Å². The van der Waals surface area contributed by atoms with Gasteiger partial charge in [-0.05, 0) is 12.1 Å². The van der Waals surface area contributed by atoms with E-state index in [-0.39, 0.29) is 5.71 Å². The Morgan fingerprint density at radius 1 is 1.42 bits per heavy atom. The van der Waals surface area contributed by atoms with Gasteiger partial charge < -0.3 is 5.84 Å². The van der Waals surface area contributed by atoms with Crippen LogP contribution in [0.25, 0.3) is 0 Å². The monoisotopic (exact) mass is 179 g/mol. The third kappa shape index (κ3) is 1.74. The number of hydrazone groups is 1. The molecule has 0 saturated carbocycles. The van der Waals surface area contributed by atoms with E-state index in [0.717, 1.165) is 0 Å². The summed E-state index contributed by atoms with van der Waals surface area (Å²) in [7, 11) is 0. The standard InChI is InChI=1S/C8H6ClN3/c9-7-3-1-6(2-4-7)8(5-10)12-11/h1-4H,11H2/b12-8-. The highest BCUT2D eigenvalue weighted by atomic mass is 35.5. The van der Waals surface area contributed by atoms with Crippen LogP contribution in [-0.2, 0) is 0 Å². The predicted molar refractivity (Wildman–Crippen MR) is 47.8 cm³/mol. The van der Waals surface area contributed by atoms with Crippen molar-refractivity contribution in [2.75, 3.05) is 0 Å². The first-order valence-corrected chi connectivity index (χ1v) is 3.59. The number of benzene rings is 1. The molecule has 0 aliphatic heterocycles. The van der Waals surface area contributed by atoms with Gasteiger partial charge in [0.25, 0.3) is 0 Å². The zero-order valence-corrected chi connectivity index (χ0v) is 6.92. The van der Waals surface area contributed by atoms with E-state index < -0.39 is 0 Å². The van der Waals surface area contributed by atoms with Crippen molar-refractivity contribution in [1.29, 1.82) is 5.26 Å². The summed E-state index contributed by atoms with van der Waals surface area (Å²) in [5, 5.41) is 12.5. The molecule has 2 N–H and O–H groups in total. The van der Waals surface area contributed by atoms with Crippen LogP contribution in [0.2, 0.25) is 5.02 Å². The van der Waals surface area contributed by atoms with Crippen LogP contribution in [0.3, 0.4) is 0 Å². The Labute approximate surface area is 75.1 Å². The fraction of sp³-hybridized carbons (Fsp3) is 0. The van der Waals surface area contributed by atoms with Gasteiger partial charge >= 0.3 is 0 Å². The maximum atomic E-state index is 8.55. The van der Waals surface area contributed by atoms with Gasteiger partial charge in [-0.3, -0.25) is 0 Å². The van der Waals surface area contributed by atoms with Gasteiger partial charge in [0.2, 0.25) is 0 Å². The third-order valence-electron chi connectivity index (χ3n) is 1.35. The van der Waals surface area contributed by atoms with Crippen molar-refractivity contribution in [2.24, 2.45) is 10.9 Å². The van der Waals surface area contributed by atoms with E-state index in [2.05, 4.69) is 5.10 Å². The van der Waals surface area contributed by atoms with Gasteiger partial charge in [0.05, 0.1) is 0 Å². The summed E-state index contributed by atoms with van der Waals surface area (Å²) in [6.07, 6.45) is 0. The van der Waals surface area contributed by atoms with Gasteiger partial charge in [-0.25, -0.2) is 0 Å².